The van der Waals surface area contributed by atoms with E-state index < -0.39 is 6.10 Å². The molecule has 0 radical (unpaired) electrons. The van der Waals surface area contributed by atoms with Crippen LogP contribution in [0.3, 0.4) is 0 Å². The van der Waals surface area contributed by atoms with Gasteiger partial charge in [0.15, 0.2) is 16.7 Å². The number of carbonyl (C=O) groups is 1. The molecule has 146 valence electrons. The van der Waals surface area contributed by atoms with Gasteiger partial charge in [0.25, 0.3) is 5.91 Å². The van der Waals surface area contributed by atoms with Gasteiger partial charge in [0.2, 0.25) is 6.10 Å². The topological polar surface area (TPSA) is 60.4 Å². The number of ether oxygens (including phenoxy) is 3. The summed E-state index contributed by atoms with van der Waals surface area (Å²) in [6.45, 7) is 2.81. The Balaban J connectivity index is 1.59. The number of benzene rings is 2. The summed E-state index contributed by atoms with van der Waals surface area (Å²) in [7, 11) is 1.62. The number of nitrogens with zero attached hydrogens (tertiary/aromatic N) is 2. The number of para-hydroxylation sites is 2. The quantitative estimate of drug-likeness (QED) is 0.787. The van der Waals surface area contributed by atoms with Gasteiger partial charge in [-0.3, -0.25) is 9.69 Å². The summed E-state index contributed by atoms with van der Waals surface area (Å²) in [5.41, 5.74) is 1.80. The first-order valence-corrected chi connectivity index (χ1v) is 10.2. The second kappa shape index (κ2) is 8.14. The standard InChI is InChI=1S/C21H22N2O4S/c1-14-8-9-16(25-2)15(12-14)22-21-23(10-5-11-28-21)20(24)19-13-26-17-6-3-4-7-18(17)27-19/h3-4,6-9,12,19H,5,10-11,13H2,1-2H3/t19-/m0/s1. The third-order valence-corrected chi connectivity index (χ3v) is 5.65. The lowest BCUT2D eigenvalue weighted by molar-refractivity contribution is -0.137. The van der Waals surface area contributed by atoms with Gasteiger partial charge in [0, 0.05) is 12.3 Å². The second-order valence-electron chi connectivity index (χ2n) is 6.63. The lowest BCUT2D eigenvalue weighted by Gasteiger charge is -2.33. The second-order valence-corrected chi connectivity index (χ2v) is 7.69. The van der Waals surface area contributed by atoms with Gasteiger partial charge in [-0.15, -0.1) is 0 Å². The van der Waals surface area contributed by atoms with Crippen molar-refractivity contribution < 1.29 is 19.0 Å². The van der Waals surface area contributed by atoms with Gasteiger partial charge in [-0.25, -0.2) is 4.99 Å². The molecule has 0 aromatic heterocycles. The Hall–Kier alpha value is -2.67. The van der Waals surface area contributed by atoms with Gasteiger partial charge in [-0.2, -0.15) is 0 Å². The minimum atomic E-state index is -0.682. The zero-order valence-corrected chi connectivity index (χ0v) is 16.7. The van der Waals surface area contributed by atoms with E-state index in [0.717, 1.165) is 23.4 Å². The average Bonchev–Trinajstić information content (AvgIpc) is 2.73. The normalized spacial score (nSPS) is 20.1. The van der Waals surface area contributed by atoms with Crippen molar-refractivity contribution in [3.8, 4) is 17.2 Å². The van der Waals surface area contributed by atoms with Gasteiger partial charge >= 0.3 is 0 Å². The summed E-state index contributed by atoms with van der Waals surface area (Å²) in [6.07, 6.45) is 0.225. The van der Waals surface area contributed by atoms with Crippen molar-refractivity contribution in [1.29, 1.82) is 0 Å². The number of carbonyl (C=O) groups excluding carboxylic acids is 1. The van der Waals surface area contributed by atoms with Crippen molar-refractivity contribution >= 4 is 28.5 Å². The van der Waals surface area contributed by atoms with Crippen LogP contribution >= 0.6 is 11.8 Å². The van der Waals surface area contributed by atoms with E-state index in [9.17, 15) is 4.79 Å². The van der Waals surface area contributed by atoms with E-state index in [4.69, 9.17) is 19.2 Å². The van der Waals surface area contributed by atoms with Gasteiger partial charge in [0.1, 0.15) is 18.0 Å². The first-order chi connectivity index (χ1) is 13.7. The molecule has 0 unspecified atom stereocenters. The molecule has 1 amide bonds. The molecule has 2 aliphatic heterocycles. The molecule has 6 nitrogen and oxygen atoms in total. The molecule has 2 aliphatic rings. The fraction of sp³-hybridized carbons (Fsp3) is 0.333. The van der Waals surface area contributed by atoms with E-state index in [0.29, 0.717) is 29.0 Å². The summed E-state index contributed by atoms with van der Waals surface area (Å²) in [4.78, 5) is 19.6. The fourth-order valence-electron chi connectivity index (χ4n) is 3.16. The summed E-state index contributed by atoms with van der Waals surface area (Å²) in [5.74, 6) is 2.73. The number of amidine groups is 1. The number of fused-ring (bicyclic) bond motifs is 1. The molecule has 0 bridgehead atoms. The van der Waals surface area contributed by atoms with Crippen LogP contribution in [0.2, 0.25) is 0 Å². The van der Waals surface area contributed by atoms with Gasteiger partial charge in [-0.05, 0) is 43.2 Å². The number of aryl methyl sites for hydroxylation is 1. The van der Waals surface area contributed by atoms with Crippen LogP contribution in [-0.4, -0.2) is 48.1 Å². The van der Waals surface area contributed by atoms with Crippen LogP contribution in [0.4, 0.5) is 5.69 Å². The first-order valence-electron chi connectivity index (χ1n) is 9.21. The molecule has 0 saturated carbocycles. The number of thioether (sulfide) groups is 1. The molecular weight excluding hydrogens is 376 g/mol. The Morgan fingerprint density at radius 1 is 1.25 bits per heavy atom. The van der Waals surface area contributed by atoms with Gasteiger partial charge in [0.05, 0.1) is 7.11 Å². The molecule has 28 heavy (non-hydrogen) atoms. The number of rotatable bonds is 3. The third kappa shape index (κ3) is 3.80. The average molecular weight is 398 g/mol. The lowest BCUT2D eigenvalue weighted by atomic mass is 10.2. The number of methoxy groups -OCH3 is 1. The first kappa shape index (κ1) is 18.7. The minimum Gasteiger partial charge on any atom is -0.494 e. The molecule has 1 saturated heterocycles. The van der Waals surface area contributed by atoms with Crippen LogP contribution in [0.1, 0.15) is 12.0 Å². The highest BCUT2D eigenvalue weighted by atomic mass is 32.2. The lowest BCUT2D eigenvalue weighted by Crippen LogP contribution is -2.49. The smallest absolute Gasteiger partial charge is 0.273 e. The van der Waals surface area contributed by atoms with E-state index >= 15 is 0 Å². The van der Waals surface area contributed by atoms with Crippen molar-refractivity contribution in [2.75, 3.05) is 26.0 Å². The van der Waals surface area contributed by atoms with Crippen molar-refractivity contribution in [2.24, 2.45) is 4.99 Å². The maximum Gasteiger partial charge on any atom is 0.273 e. The number of aliphatic imine (C=N–C) groups is 1. The third-order valence-electron chi connectivity index (χ3n) is 4.59. The molecule has 0 N–H and O–H groups in total. The van der Waals surface area contributed by atoms with Crippen molar-refractivity contribution in [1.82, 2.24) is 4.90 Å². The highest BCUT2D eigenvalue weighted by molar-refractivity contribution is 8.13. The van der Waals surface area contributed by atoms with E-state index in [1.165, 1.54) is 0 Å². The van der Waals surface area contributed by atoms with Crippen molar-refractivity contribution in [3.63, 3.8) is 0 Å². The largest absolute Gasteiger partial charge is 0.494 e. The van der Waals surface area contributed by atoms with E-state index in [1.807, 2.05) is 49.4 Å². The molecule has 0 spiro atoms. The zero-order valence-electron chi connectivity index (χ0n) is 15.9. The molecule has 7 heteroatoms. The van der Waals surface area contributed by atoms with E-state index in [1.54, 1.807) is 23.8 Å². The van der Waals surface area contributed by atoms with Crippen LogP contribution in [-0.2, 0) is 4.79 Å². The van der Waals surface area contributed by atoms with Crippen molar-refractivity contribution in [3.05, 3.63) is 48.0 Å². The minimum absolute atomic E-state index is 0.132. The summed E-state index contributed by atoms with van der Waals surface area (Å²) >= 11 is 1.57. The highest BCUT2D eigenvalue weighted by Crippen LogP contribution is 2.33. The summed E-state index contributed by atoms with van der Waals surface area (Å²) in [6, 6.07) is 13.2. The molecule has 2 heterocycles. The Morgan fingerprint density at radius 3 is 2.89 bits per heavy atom. The van der Waals surface area contributed by atoms with Crippen LogP contribution in [0.25, 0.3) is 0 Å². The molecule has 1 atom stereocenters. The predicted molar refractivity (Wildman–Crippen MR) is 110 cm³/mol. The highest BCUT2D eigenvalue weighted by Gasteiger charge is 2.34. The van der Waals surface area contributed by atoms with Crippen LogP contribution < -0.4 is 14.2 Å². The van der Waals surface area contributed by atoms with Crippen LogP contribution in [0.5, 0.6) is 17.2 Å². The molecular formula is C21H22N2O4S. The summed E-state index contributed by atoms with van der Waals surface area (Å²) < 4.78 is 17.0. The molecule has 0 aliphatic carbocycles. The van der Waals surface area contributed by atoms with Gasteiger partial charge in [-0.1, -0.05) is 30.0 Å². The Labute approximate surface area is 168 Å². The van der Waals surface area contributed by atoms with E-state index in [-0.39, 0.29) is 12.5 Å². The fourth-order valence-corrected chi connectivity index (χ4v) is 4.12. The number of hydrogen-bond acceptors (Lipinski definition) is 6. The predicted octanol–water partition coefficient (Wildman–Crippen LogP) is 3.80. The SMILES string of the molecule is COc1ccc(C)cc1N=C1SCCCN1C(=O)[C@@H]1COc2ccccc2O1. The molecule has 1 fully saturated rings. The summed E-state index contributed by atoms with van der Waals surface area (Å²) in [5, 5.41) is 0.669. The van der Waals surface area contributed by atoms with Gasteiger partial charge < -0.3 is 14.2 Å². The molecule has 4 rings (SSSR count). The Kier molecular flexibility index (Phi) is 5.43. The Bertz CT molecular complexity index is 915. The number of hydrogen-bond donors (Lipinski definition) is 0. The maximum atomic E-state index is 13.2. The zero-order chi connectivity index (χ0) is 19.5. The number of amides is 1. The maximum absolute atomic E-state index is 13.2. The molecule has 2 aromatic carbocycles. The Morgan fingerprint density at radius 2 is 2.07 bits per heavy atom. The van der Waals surface area contributed by atoms with Crippen LogP contribution in [0.15, 0.2) is 47.5 Å². The monoisotopic (exact) mass is 398 g/mol. The van der Waals surface area contributed by atoms with Crippen molar-refractivity contribution in [2.45, 2.75) is 19.4 Å². The van der Waals surface area contributed by atoms with Crippen LogP contribution in [0, 0.1) is 6.92 Å². The molecule has 2 aromatic rings. The van der Waals surface area contributed by atoms with E-state index in [2.05, 4.69) is 0 Å².